The molecule has 74 valence electrons. The van der Waals surface area contributed by atoms with E-state index in [9.17, 15) is 0 Å². The van der Waals surface area contributed by atoms with Crippen molar-refractivity contribution in [3.63, 3.8) is 0 Å². The maximum Gasteiger partial charge on any atom is 0.206 e. The van der Waals surface area contributed by atoms with Crippen molar-refractivity contribution in [1.29, 1.82) is 0 Å². The molecule has 1 aromatic rings. The van der Waals surface area contributed by atoms with Crippen molar-refractivity contribution >= 4 is 32.4 Å². The lowest BCUT2D eigenvalue weighted by Gasteiger charge is -2.27. The van der Waals surface area contributed by atoms with E-state index in [2.05, 4.69) is 59.1 Å². The summed E-state index contributed by atoms with van der Waals surface area (Å²) < 4.78 is 0.816. The largest absolute Gasteiger partial charge is 0.357 e. The van der Waals surface area contributed by atoms with Gasteiger partial charge in [0.25, 0.3) is 0 Å². The van der Waals surface area contributed by atoms with Gasteiger partial charge in [0.15, 0.2) is 3.92 Å². The summed E-state index contributed by atoms with van der Waals surface area (Å²) in [6, 6.07) is 0.382. The number of hydrogen-bond acceptors (Lipinski definition) is 4. The van der Waals surface area contributed by atoms with Crippen LogP contribution in [0.1, 0.15) is 27.7 Å². The Morgan fingerprint density at radius 3 is 2.38 bits per heavy atom. The number of rotatable bonds is 2. The van der Waals surface area contributed by atoms with Gasteiger partial charge in [-0.3, -0.25) is 0 Å². The average Bonchev–Trinajstić information content (AvgIpc) is 2.33. The molecule has 0 aliphatic carbocycles. The molecule has 0 saturated carbocycles. The Kier molecular flexibility index (Phi) is 3.29. The van der Waals surface area contributed by atoms with E-state index < -0.39 is 0 Å². The smallest absolute Gasteiger partial charge is 0.206 e. The SMILES string of the molecule is CC(Nc1nnc(Br)s1)C(C)(C)C. The Hall–Kier alpha value is -0.160. The molecule has 5 heteroatoms. The summed E-state index contributed by atoms with van der Waals surface area (Å²) in [5, 5.41) is 12.0. The lowest BCUT2D eigenvalue weighted by molar-refractivity contribution is 0.359. The molecule has 0 aromatic carbocycles. The van der Waals surface area contributed by atoms with Gasteiger partial charge in [-0.05, 0) is 28.3 Å². The molecule has 0 spiro atoms. The fourth-order valence-corrected chi connectivity index (χ4v) is 1.76. The van der Waals surface area contributed by atoms with Crippen LogP contribution in [0.5, 0.6) is 0 Å². The number of anilines is 1. The fourth-order valence-electron chi connectivity index (χ4n) is 0.665. The van der Waals surface area contributed by atoms with Gasteiger partial charge >= 0.3 is 0 Å². The van der Waals surface area contributed by atoms with Gasteiger partial charge in [0.05, 0.1) is 0 Å². The minimum atomic E-state index is 0.234. The highest BCUT2D eigenvalue weighted by molar-refractivity contribution is 9.11. The van der Waals surface area contributed by atoms with Crippen LogP contribution in [0.2, 0.25) is 0 Å². The molecule has 0 aliphatic heterocycles. The van der Waals surface area contributed by atoms with E-state index in [1.54, 1.807) is 0 Å². The van der Waals surface area contributed by atoms with Gasteiger partial charge in [0, 0.05) is 6.04 Å². The lowest BCUT2D eigenvalue weighted by Crippen LogP contribution is -2.30. The van der Waals surface area contributed by atoms with E-state index >= 15 is 0 Å². The quantitative estimate of drug-likeness (QED) is 0.891. The molecule has 1 rings (SSSR count). The van der Waals surface area contributed by atoms with Crippen LogP contribution in [0, 0.1) is 5.41 Å². The predicted molar refractivity (Wildman–Crippen MR) is 60.1 cm³/mol. The molecule has 13 heavy (non-hydrogen) atoms. The summed E-state index contributed by atoms with van der Waals surface area (Å²) >= 11 is 4.79. The molecule has 1 atom stereocenters. The van der Waals surface area contributed by atoms with Gasteiger partial charge in [-0.25, -0.2) is 0 Å². The van der Waals surface area contributed by atoms with E-state index in [1.807, 2.05) is 0 Å². The monoisotopic (exact) mass is 263 g/mol. The van der Waals surface area contributed by atoms with Gasteiger partial charge < -0.3 is 5.32 Å². The number of hydrogen-bond donors (Lipinski definition) is 1. The van der Waals surface area contributed by atoms with Crippen molar-refractivity contribution in [2.75, 3.05) is 5.32 Å². The highest BCUT2D eigenvalue weighted by Crippen LogP contribution is 2.26. The Morgan fingerprint density at radius 1 is 1.38 bits per heavy atom. The summed E-state index contributed by atoms with van der Waals surface area (Å²) in [5.41, 5.74) is 0.234. The topological polar surface area (TPSA) is 37.8 Å². The molecule has 0 bridgehead atoms. The molecule has 0 radical (unpaired) electrons. The molecule has 0 aliphatic rings. The van der Waals surface area contributed by atoms with Gasteiger partial charge in [-0.15, -0.1) is 10.2 Å². The molecule has 0 amide bonds. The van der Waals surface area contributed by atoms with E-state index in [0.717, 1.165) is 9.05 Å². The first-order valence-corrected chi connectivity index (χ1v) is 5.76. The first-order chi connectivity index (χ1) is 5.89. The lowest BCUT2D eigenvalue weighted by atomic mass is 9.88. The zero-order valence-electron chi connectivity index (χ0n) is 8.26. The Labute approximate surface area is 91.1 Å². The van der Waals surface area contributed by atoms with Crippen LogP contribution in [-0.2, 0) is 0 Å². The van der Waals surface area contributed by atoms with Gasteiger partial charge in [-0.1, -0.05) is 32.1 Å². The Morgan fingerprint density at radius 2 is 2.00 bits per heavy atom. The van der Waals surface area contributed by atoms with E-state index in [4.69, 9.17) is 0 Å². The molecule has 1 N–H and O–H groups in total. The van der Waals surface area contributed by atoms with Crippen LogP contribution in [0.3, 0.4) is 0 Å². The number of aromatic nitrogens is 2. The molecule has 3 nitrogen and oxygen atoms in total. The number of nitrogens with zero attached hydrogens (tertiary/aromatic N) is 2. The first kappa shape index (κ1) is 10.9. The maximum absolute atomic E-state index is 3.98. The normalized spacial score (nSPS) is 14.2. The van der Waals surface area contributed by atoms with E-state index in [1.165, 1.54) is 11.3 Å². The van der Waals surface area contributed by atoms with Crippen LogP contribution < -0.4 is 5.32 Å². The molecule has 0 fully saturated rings. The van der Waals surface area contributed by atoms with Gasteiger partial charge in [-0.2, -0.15) is 0 Å². The van der Waals surface area contributed by atoms with Crippen molar-refractivity contribution in [1.82, 2.24) is 10.2 Å². The van der Waals surface area contributed by atoms with Crippen molar-refractivity contribution < 1.29 is 0 Å². The van der Waals surface area contributed by atoms with Gasteiger partial charge in [0.2, 0.25) is 5.13 Å². The third kappa shape index (κ3) is 3.23. The number of nitrogens with one attached hydrogen (secondary N) is 1. The second kappa shape index (κ2) is 3.92. The van der Waals surface area contributed by atoms with Crippen LogP contribution in [0.4, 0.5) is 5.13 Å². The van der Waals surface area contributed by atoms with Crippen molar-refractivity contribution in [3.05, 3.63) is 3.92 Å². The second-order valence-corrected chi connectivity index (χ2v) is 6.35. The van der Waals surface area contributed by atoms with E-state index in [0.29, 0.717) is 6.04 Å². The zero-order chi connectivity index (χ0) is 10.1. The summed E-state index contributed by atoms with van der Waals surface area (Å²) in [4.78, 5) is 0. The maximum atomic E-state index is 3.98. The highest BCUT2D eigenvalue weighted by atomic mass is 79.9. The van der Waals surface area contributed by atoms with Crippen molar-refractivity contribution in [2.45, 2.75) is 33.7 Å². The van der Waals surface area contributed by atoms with Crippen LogP contribution in [0.15, 0.2) is 3.92 Å². The van der Waals surface area contributed by atoms with E-state index in [-0.39, 0.29) is 5.41 Å². The third-order valence-electron chi connectivity index (χ3n) is 2.04. The van der Waals surface area contributed by atoms with Crippen molar-refractivity contribution in [2.24, 2.45) is 5.41 Å². The number of halogens is 1. The molecule has 1 aromatic heterocycles. The highest BCUT2D eigenvalue weighted by Gasteiger charge is 2.20. The minimum absolute atomic E-state index is 0.234. The second-order valence-electron chi connectivity index (χ2n) is 4.09. The summed E-state index contributed by atoms with van der Waals surface area (Å²) in [5.74, 6) is 0. The summed E-state index contributed by atoms with van der Waals surface area (Å²) in [7, 11) is 0. The predicted octanol–water partition coefficient (Wildman–Crippen LogP) is 3.15. The Bertz CT molecular complexity index is 279. The summed E-state index contributed by atoms with van der Waals surface area (Å²) in [6.07, 6.45) is 0. The summed E-state index contributed by atoms with van der Waals surface area (Å²) in [6.45, 7) is 8.73. The van der Waals surface area contributed by atoms with Gasteiger partial charge in [0.1, 0.15) is 0 Å². The molecule has 1 unspecified atom stereocenters. The average molecular weight is 264 g/mol. The third-order valence-corrected chi connectivity index (χ3v) is 3.33. The van der Waals surface area contributed by atoms with Crippen LogP contribution in [-0.4, -0.2) is 16.2 Å². The molecule has 0 saturated heterocycles. The first-order valence-electron chi connectivity index (χ1n) is 4.15. The Balaban J connectivity index is 2.60. The minimum Gasteiger partial charge on any atom is -0.357 e. The van der Waals surface area contributed by atoms with Crippen LogP contribution >= 0.6 is 27.3 Å². The molecular formula is C8H14BrN3S. The zero-order valence-corrected chi connectivity index (χ0v) is 10.7. The standard InChI is InChI=1S/C8H14BrN3S/c1-5(8(2,3)4)10-7-12-11-6(9)13-7/h5H,1-4H3,(H,10,12). The molecule has 1 heterocycles. The van der Waals surface area contributed by atoms with Crippen LogP contribution in [0.25, 0.3) is 0 Å². The van der Waals surface area contributed by atoms with Crippen molar-refractivity contribution in [3.8, 4) is 0 Å². The fraction of sp³-hybridized carbons (Fsp3) is 0.750. The molecular weight excluding hydrogens is 250 g/mol.